The molecule has 22 heavy (non-hydrogen) atoms. The van der Waals surface area contributed by atoms with Crippen molar-refractivity contribution in [3.05, 3.63) is 29.3 Å². The molecular weight excluding hydrogens is 282 g/mol. The number of nitrogens with zero attached hydrogens (tertiary/aromatic N) is 1. The Morgan fingerprint density at radius 2 is 2.05 bits per heavy atom. The molecule has 1 unspecified atom stereocenters. The minimum absolute atomic E-state index is 0.0210. The van der Waals surface area contributed by atoms with Gasteiger partial charge in [0.15, 0.2) is 0 Å². The summed E-state index contributed by atoms with van der Waals surface area (Å²) in [6.45, 7) is 0.627. The number of carboxylic acid groups (broad SMARTS) is 1. The van der Waals surface area contributed by atoms with Crippen LogP contribution >= 0.6 is 0 Å². The van der Waals surface area contributed by atoms with E-state index >= 15 is 0 Å². The number of aromatic hydroxyl groups is 1. The van der Waals surface area contributed by atoms with Gasteiger partial charge in [-0.15, -0.1) is 0 Å². The minimum Gasteiger partial charge on any atom is -0.508 e. The van der Waals surface area contributed by atoms with Crippen LogP contribution in [-0.4, -0.2) is 34.7 Å². The fourth-order valence-corrected chi connectivity index (χ4v) is 3.40. The monoisotopic (exact) mass is 303 g/mol. The van der Waals surface area contributed by atoms with Crippen LogP contribution in [0.2, 0.25) is 0 Å². The van der Waals surface area contributed by atoms with Crippen LogP contribution in [0.1, 0.15) is 43.2 Å². The smallest absolute Gasteiger partial charge is 0.307 e. The lowest BCUT2D eigenvalue weighted by Crippen LogP contribution is -2.26. The molecule has 0 saturated heterocycles. The highest BCUT2D eigenvalue weighted by molar-refractivity contribution is 5.98. The zero-order valence-corrected chi connectivity index (χ0v) is 12.5. The van der Waals surface area contributed by atoms with Crippen molar-refractivity contribution in [2.24, 2.45) is 10.9 Å². The van der Waals surface area contributed by atoms with Gasteiger partial charge in [0.25, 0.3) is 0 Å². The van der Waals surface area contributed by atoms with E-state index < -0.39 is 5.97 Å². The van der Waals surface area contributed by atoms with Crippen LogP contribution in [0.5, 0.6) is 5.75 Å². The topological polar surface area (TPSA) is 79.1 Å². The van der Waals surface area contributed by atoms with Crippen LogP contribution in [0.3, 0.4) is 0 Å². The van der Waals surface area contributed by atoms with Crippen molar-refractivity contribution >= 4 is 11.9 Å². The maximum Gasteiger partial charge on any atom is 0.307 e. The number of aliphatic imine (C=N–C) groups is 1. The van der Waals surface area contributed by atoms with Crippen LogP contribution in [0.25, 0.3) is 0 Å². The van der Waals surface area contributed by atoms with E-state index in [4.69, 9.17) is 9.84 Å². The number of hydrogen-bond donors (Lipinski definition) is 2. The highest BCUT2D eigenvalue weighted by Gasteiger charge is 2.31. The number of phenolic OH excluding ortho intramolecular Hbond substituents is 1. The van der Waals surface area contributed by atoms with Gasteiger partial charge in [0, 0.05) is 11.1 Å². The fraction of sp³-hybridized carbons (Fsp3) is 0.529. The first-order chi connectivity index (χ1) is 10.6. The van der Waals surface area contributed by atoms with Gasteiger partial charge in [-0.2, -0.15) is 0 Å². The SMILES string of the molecule is O=C(O)Cc1c(O)cccc1C1=NCC(C2CCCCC2)O1. The first kappa shape index (κ1) is 14.9. The van der Waals surface area contributed by atoms with Crippen molar-refractivity contribution in [1.29, 1.82) is 0 Å². The van der Waals surface area contributed by atoms with E-state index in [1.165, 1.54) is 38.2 Å². The summed E-state index contributed by atoms with van der Waals surface area (Å²) < 4.78 is 6.01. The summed E-state index contributed by atoms with van der Waals surface area (Å²) in [6, 6.07) is 4.95. The largest absolute Gasteiger partial charge is 0.508 e. The van der Waals surface area contributed by atoms with Crippen LogP contribution in [-0.2, 0) is 16.0 Å². The molecule has 2 aliphatic rings. The van der Waals surface area contributed by atoms with Gasteiger partial charge in [0.1, 0.15) is 11.9 Å². The van der Waals surface area contributed by atoms with E-state index in [1.54, 1.807) is 12.1 Å². The Hall–Kier alpha value is -2.04. The van der Waals surface area contributed by atoms with Crippen LogP contribution in [0.15, 0.2) is 23.2 Å². The molecule has 1 saturated carbocycles. The molecule has 1 fully saturated rings. The number of carbonyl (C=O) groups is 1. The Morgan fingerprint density at radius 3 is 2.77 bits per heavy atom. The molecule has 2 N–H and O–H groups in total. The molecule has 5 nitrogen and oxygen atoms in total. The Labute approximate surface area is 129 Å². The zero-order valence-electron chi connectivity index (χ0n) is 12.5. The second-order valence-corrected chi connectivity index (χ2v) is 6.07. The summed E-state index contributed by atoms with van der Waals surface area (Å²) in [6.07, 6.45) is 6.00. The molecule has 1 aromatic carbocycles. The number of hydrogen-bond acceptors (Lipinski definition) is 4. The molecule has 0 bridgehead atoms. The Bertz CT molecular complexity index is 590. The van der Waals surface area contributed by atoms with Gasteiger partial charge in [-0.1, -0.05) is 25.3 Å². The molecule has 1 atom stereocenters. The molecule has 1 heterocycles. The first-order valence-corrected chi connectivity index (χ1v) is 7.89. The molecule has 118 valence electrons. The summed E-state index contributed by atoms with van der Waals surface area (Å²) >= 11 is 0. The maximum absolute atomic E-state index is 11.0. The number of phenols is 1. The van der Waals surface area contributed by atoms with E-state index in [-0.39, 0.29) is 18.3 Å². The summed E-state index contributed by atoms with van der Waals surface area (Å²) in [5, 5.41) is 19.0. The molecule has 3 rings (SSSR count). The summed E-state index contributed by atoms with van der Waals surface area (Å²) in [5.41, 5.74) is 0.971. The van der Waals surface area contributed by atoms with Crippen LogP contribution in [0.4, 0.5) is 0 Å². The van der Waals surface area contributed by atoms with Crippen molar-refractivity contribution in [3.63, 3.8) is 0 Å². The molecule has 0 amide bonds. The number of benzene rings is 1. The third-order valence-corrected chi connectivity index (χ3v) is 4.56. The summed E-state index contributed by atoms with van der Waals surface area (Å²) in [7, 11) is 0. The van der Waals surface area contributed by atoms with E-state index in [2.05, 4.69) is 4.99 Å². The third kappa shape index (κ3) is 3.08. The normalized spacial score (nSPS) is 22.2. The molecular formula is C17H21NO4. The predicted octanol–water partition coefficient (Wildman–Crippen LogP) is 2.75. The van der Waals surface area contributed by atoms with E-state index in [0.717, 1.165) is 0 Å². The maximum atomic E-state index is 11.0. The molecule has 0 radical (unpaired) electrons. The van der Waals surface area contributed by atoms with Crippen molar-refractivity contribution in [1.82, 2.24) is 0 Å². The summed E-state index contributed by atoms with van der Waals surface area (Å²) in [5.74, 6) is 0.00968. The lowest BCUT2D eigenvalue weighted by atomic mass is 9.85. The number of carboxylic acids is 1. The Kier molecular flexibility index (Phi) is 4.32. The van der Waals surface area contributed by atoms with Crippen molar-refractivity contribution in [3.8, 4) is 5.75 Å². The number of rotatable bonds is 4. The molecule has 1 aliphatic heterocycles. The van der Waals surface area contributed by atoms with Crippen molar-refractivity contribution in [2.45, 2.75) is 44.6 Å². The molecule has 5 heteroatoms. The zero-order chi connectivity index (χ0) is 15.5. The minimum atomic E-state index is -0.981. The average molecular weight is 303 g/mol. The lowest BCUT2D eigenvalue weighted by Gasteiger charge is -2.26. The predicted molar refractivity (Wildman–Crippen MR) is 82.3 cm³/mol. The fourth-order valence-electron chi connectivity index (χ4n) is 3.40. The lowest BCUT2D eigenvalue weighted by molar-refractivity contribution is -0.136. The molecule has 0 spiro atoms. The van der Waals surface area contributed by atoms with Gasteiger partial charge in [-0.3, -0.25) is 4.79 Å². The summed E-state index contributed by atoms with van der Waals surface area (Å²) in [4.78, 5) is 15.5. The number of aliphatic carboxylic acids is 1. The van der Waals surface area contributed by atoms with E-state index in [0.29, 0.717) is 29.5 Å². The average Bonchev–Trinajstić information content (AvgIpc) is 2.99. The van der Waals surface area contributed by atoms with Gasteiger partial charge < -0.3 is 14.9 Å². The van der Waals surface area contributed by atoms with E-state index in [1.807, 2.05) is 0 Å². The highest BCUT2D eigenvalue weighted by atomic mass is 16.5. The Morgan fingerprint density at radius 1 is 1.27 bits per heavy atom. The number of ether oxygens (including phenoxy) is 1. The molecule has 1 aliphatic carbocycles. The van der Waals surface area contributed by atoms with Gasteiger partial charge in [-0.05, 0) is 30.9 Å². The quantitative estimate of drug-likeness (QED) is 0.896. The van der Waals surface area contributed by atoms with Gasteiger partial charge >= 0.3 is 5.97 Å². The van der Waals surface area contributed by atoms with Crippen LogP contribution < -0.4 is 0 Å². The molecule has 0 aromatic heterocycles. The third-order valence-electron chi connectivity index (χ3n) is 4.56. The van der Waals surface area contributed by atoms with Crippen molar-refractivity contribution < 1.29 is 19.7 Å². The Balaban J connectivity index is 1.77. The first-order valence-electron chi connectivity index (χ1n) is 7.89. The molecule has 1 aromatic rings. The van der Waals surface area contributed by atoms with Gasteiger partial charge in [0.05, 0.1) is 13.0 Å². The standard InChI is InChI=1S/C17H21NO4/c19-14-8-4-7-12(13(14)9-16(20)21)17-18-10-15(22-17)11-5-2-1-3-6-11/h4,7-8,11,15,19H,1-3,5-6,9-10H2,(H,20,21). The highest BCUT2D eigenvalue weighted by Crippen LogP contribution is 2.32. The van der Waals surface area contributed by atoms with Gasteiger partial charge in [0.2, 0.25) is 5.90 Å². The van der Waals surface area contributed by atoms with Crippen LogP contribution in [0, 0.1) is 5.92 Å². The van der Waals surface area contributed by atoms with Crippen molar-refractivity contribution in [2.75, 3.05) is 6.54 Å². The van der Waals surface area contributed by atoms with Gasteiger partial charge in [-0.25, -0.2) is 4.99 Å². The second-order valence-electron chi connectivity index (χ2n) is 6.07. The van der Waals surface area contributed by atoms with E-state index in [9.17, 15) is 9.90 Å². The second kappa shape index (κ2) is 6.38.